The van der Waals surface area contributed by atoms with E-state index in [1.165, 1.54) is 21.9 Å². The Kier molecular flexibility index (Phi) is 6.46. The highest BCUT2D eigenvalue weighted by atomic mass is 16.3. The summed E-state index contributed by atoms with van der Waals surface area (Å²) in [5.41, 5.74) is -4.05. The van der Waals surface area contributed by atoms with Gasteiger partial charge in [-0.1, -0.05) is 50.7 Å². The van der Waals surface area contributed by atoms with Crippen molar-refractivity contribution in [3.63, 3.8) is 0 Å². The Morgan fingerprint density at radius 1 is 0.393 bits per heavy atom. The number of nitrogens with zero attached hydrogens (tertiary/aromatic N) is 2. The molecule has 0 saturated heterocycles. The van der Waals surface area contributed by atoms with Crippen molar-refractivity contribution in [3.8, 4) is 33.8 Å². The summed E-state index contributed by atoms with van der Waals surface area (Å²) < 4.78 is 0. The van der Waals surface area contributed by atoms with Crippen molar-refractivity contribution in [1.29, 1.82) is 0 Å². The summed E-state index contributed by atoms with van der Waals surface area (Å²) in [6.45, 7) is 0. The predicted octanol–water partition coefficient (Wildman–Crippen LogP) is 5.53. The number of fused-ring (bicyclic) bond motifs is 2. The van der Waals surface area contributed by atoms with Gasteiger partial charge < -0.3 is 10.2 Å². The highest BCUT2D eigenvalue weighted by molar-refractivity contribution is 6.44. The Balaban J connectivity index is 1.33. The van der Waals surface area contributed by atoms with Gasteiger partial charge in [-0.2, -0.15) is 0 Å². The molecule has 2 aliphatic heterocycles. The van der Waals surface area contributed by atoms with Gasteiger partial charge in [0.2, 0.25) is 10.9 Å². The van der Waals surface area contributed by atoms with Crippen LogP contribution in [0.5, 0.6) is 11.5 Å². The highest BCUT2D eigenvalue weighted by Gasteiger charge is 2.43. The Morgan fingerprint density at radius 2 is 0.750 bits per heavy atom. The van der Waals surface area contributed by atoms with E-state index in [4.69, 9.17) is 0 Å². The molecule has 2 heterocycles. The first-order chi connectivity index (χ1) is 27.0. The maximum Gasteiger partial charge on any atom is 0.268 e. The van der Waals surface area contributed by atoms with Crippen LogP contribution in [0.25, 0.3) is 65.3 Å². The molecule has 0 radical (unpaired) electrons. The molecule has 0 spiro atoms. The monoisotopic (exact) mass is 746 g/mol. The quantitative estimate of drug-likeness (QED) is 0.101. The van der Waals surface area contributed by atoms with E-state index in [1.807, 2.05) is 0 Å². The first-order valence-corrected chi connectivity index (χ1v) is 19.1. The summed E-state index contributed by atoms with van der Waals surface area (Å²) in [6, 6.07) is 8.59. The van der Waals surface area contributed by atoms with Crippen molar-refractivity contribution < 1.29 is 29.4 Å². The largest absolute Gasteiger partial charge is 0.503 e. The van der Waals surface area contributed by atoms with Crippen molar-refractivity contribution in [2.45, 2.75) is 76.3 Å². The molecule has 0 atom stereocenters. The minimum atomic E-state index is -1.09. The number of rotatable bonds is 4. The zero-order valence-corrected chi connectivity index (χ0v) is 29.7. The van der Waals surface area contributed by atoms with Crippen molar-refractivity contribution >= 4 is 66.7 Å². The molecule has 7 aromatic rings. The molecule has 276 valence electrons. The predicted molar refractivity (Wildman–Crippen MR) is 206 cm³/mol. The molecule has 12 nitrogen and oxygen atoms in total. The third kappa shape index (κ3) is 3.83. The van der Waals surface area contributed by atoms with Gasteiger partial charge in [0, 0.05) is 45.1 Å². The van der Waals surface area contributed by atoms with Crippen LogP contribution in [0.4, 0.5) is 0 Å². The van der Waals surface area contributed by atoms with Gasteiger partial charge >= 0.3 is 0 Å². The molecule has 56 heavy (non-hydrogen) atoms. The van der Waals surface area contributed by atoms with Crippen molar-refractivity contribution in [2.75, 3.05) is 0 Å². The summed E-state index contributed by atoms with van der Waals surface area (Å²) >= 11 is 0. The molecule has 11 rings (SSSR count). The molecule has 4 aliphatic rings. The number of hydrogen-bond donors (Lipinski definition) is 2. The fourth-order valence-electron chi connectivity index (χ4n) is 10.5. The summed E-state index contributed by atoms with van der Waals surface area (Å²) in [6.07, 6.45) is 7.82. The van der Waals surface area contributed by atoms with E-state index in [1.54, 1.807) is 24.3 Å². The second-order valence-electron chi connectivity index (χ2n) is 15.8. The van der Waals surface area contributed by atoms with Gasteiger partial charge in [-0.15, -0.1) is 0 Å². The van der Waals surface area contributed by atoms with E-state index >= 15 is 0 Å². The van der Waals surface area contributed by atoms with Crippen LogP contribution in [0, 0.1) is 0 Å². The van der Waals surface area contributed by atoms with Crippen LogP contribution in [-0.4, -0.2) is 55.7 Å². The number of hydrogen-bond acceptors (Lipinski definition) is 10. The summed E-state index contributed by atoms with van der Waals surface area (Å²) in [5, 5.41) is 24.2. The van der Waals surface area contributed by atoms with Crippen LogP contribution in [0.1, 0.15) is 106 Å². The molecule has 0 unspecified atom stereocenters. The van der Waals surface area contributed by atoms with Crippen LogP contribution in [0.2, 0.25) is 0 Å². The molecule has 0 bridgehead atoms. The second kappa shape index (κ2) is 11.0. The topological polar surface area (TPSA) is 184 Å². The standard InChI is InChI=1S/C44H30N2O10/c47-35-33(36(48)39(35)51)23-15-25-29-21(41(53)45(43(25)55)17-7-3-1-4-8-17)13-11-19-28-24(34-37(49)40(52)38(34)50)16-26-30-22(14-12-20(32(28)30)27(23)31(19)29)42(54)46(44(26)56)18-9-5-2-6-10-18/h11-18,47,49H,1-10H2. The Morgan fingerprint density at radius 3 is 1.11 bits per heavy atom. The molecule has 0 aromatic heterocycles. The van der Waals surface area contributed by atoms with Crippen molar-refractivity contribution in [2.24, 2.45) is 0 Å². The average Bonchev–Trinajstić information content (AvgIpc) is 3.22. The van der Waals surface area contributed by atoms with Crippen molar-refractivity contribution in [3.05, 3.63) is 99.5 Å². The van der Waals surface area contributed by atoms with Crippen LogP contribution in [-0.2, 0) is 0 Å². The smallest absolute Gasteiger partial charge is 0.268 e. The van der Waals surface area contributed by atoms with Gasteiger partial charge in [0.1, 0.15) is 0 Å². The van der Waals surface area contributed by atoms with Crippen LogP contribution in [0.3, 0.4) is 0 Å². The molecule has 4 amide bonds. The molecule has 7 aromatic carbocycles. The number of benzene rings is 5. The maximum absolute atomic E-state index is 14.6. The van der Waals surface area contributed by atoms with Gasteiger partial charge in [0.05, 0.1) is 11.1 Å². The van der Waals surface area contributed by atoms with E-state index < -0.39 is 56.8 Å². The van der Waals surface area contributed by atoms with E-state index in [-0.39, 0.29) is 78.1 Å². The lowest BCUT2D eigenvalue weighted by atomic mass is 9.76. The van der Waals surface area contributed by atoms with E-state index in [9.17, 15) is 48.6 Å². The van der Waals surface area contributed by atoms with E-state index in [2.05, 4.69) is 0 Å². The lowest BCUT2D eigenvalue weighted by Gasteiger charge is -2.37. The number of aromatic hydroxyl groups is 2. The summed E-state index contributed by atoms with van der Waals surface area (Å²) in [4.78, 5) is 112. The zero-order valence-electron chi connectivity index (χ0n) is 29.7. The number of amides is 4. The van der Waals surface area contributed by atoms with Gasteiger partial charge in [0.15, 0.2) is 11.5 Å². The third-order valence-electron chi connectivity index (χ3n) is 13.1. The van der Waals surface area contributed by atoms with Gasteiger partial charge in [-0.25, -0.2) is 0 Å². The van der Waals surface area contributed by atoms with Crippen molar-refractivity contribution in [1.82, 2.24) is 9.80 Å². The first kappa shape index (κ1) is 32.8. The maximum atomic E-state index is 14.6. The highest BCUT2D eigenvalue weighted by Crippen LogP contribution is 2.53. The number of imide groups is 2. The Hall–Kier alpha value is -6.56. The molecule has 2 aliphatic carbocycles. The van der Waals surface area contributed by atoms with E-state index in [0.29, 0.717) is 47.2 Å². The summed E-state index contributed by atoms with van der Waals surface area (Å²) in [5.74, 6) is -3.73. The minimum absolute atomic E-state index is 0.0569. The molecule has 2 N–H and O–H groups in total. The molecule has 12 heteroatoms. The van der Waals surface area contributed by atoms with Gasteiger partial charge in [-0.05, 0) is 93.4 Å². The lowest BCUT2D eigenvalue weighted by Crippen LogP contribution is -2.48. The number of carbonyl (C=O) groups excluding carboxylic acids is 4. The minimum Gasteiger partial charge on any atom is -0.503 e. The van der Waals surface area contributed by atoms with E-state index in [0.717, 1.165) is 38.5 Å². The lowest BCUT2D eigenvalue weighted by molar-refractivity contribution is 0.0487. The number of carbonyl (C=O) groups is 4. The fourth-order valence-corrected chi connectivity index (χ4v) is 10.5. The van der Waals surface area contributed by atoms with Crippen LogP contribution >= 0.6 is 0 Å². The molecular formula is C44H30N2O10. The fraction of sp³-hybridized carbons (Fsp3) is 0.273. The van der Waals surface area contributed by atoms with Crippen LogP contribution in [0.15, 0.2) is 55.6 Å². The second-order valence-corrected chi connectivity index (χ2v) is 15.8. The third-order valence-corrected chi connectivity index (χ3v) is 13.1. The molecule has 2 fully saturated rings. The Bertz CT molecular complexity index is 2980. The first-order valence-electron chi connectivity index (χ1n) is 19.1. The zero-order chi connectivity index (χ0) is 38.6. The Labute approximate surface area is 314 Å². The molecular weight excluding hydrogens is 716 g/mol. The summed E-state index contributed by atoms with van der Waals surface area (Å²) in [7, 11) is 0. The average molecular weight is 747 g/mol. The molecule has 2 saturated carbocycles. The SMILES string of the molecule is O=C1c2ccc3c4c(-c5c(O)c(=O)c5=O)cc5c6c(ccc(c7c(-c8c(O)c(=O)c8=O)cc(c2c37)C(=O)N1C1CCCCC1)c64)C(=O)N(C1CCCCC1)C5=O. The normalized spacial score (nSPS) is 18.4. The van der Waals surface area contributed by atoms with Crippen LogP contribution < -0.4 is 21.7 Å². The van der Waals surface area contributed by atoms with Gasteiger partial charge in [-0.3, -0.25) is 48.2 Å². The van der Waals surface area contributed by atoms with Gasteiger partial charge in [0.25, 0.3) is 34.5 Å².